The average Bonchev–Trinajstić information content (AvgIpc) is 1.65. The Morgan fingerprint density at radius 1 is 1.14 bits per heavy atom. The first-order valence-electron chi connectivity index (χ1n) is 1.71. The highest BCUT2D eigenvalue weighted by molar-refractivity contribution is 4.43. The molecule has 0 saturated carbocycles. The van der Waals surface area contributed by atoms with E-state index < -0.39 is 6.10 Å². The lowest BCUT2D eigenvalue weighted by Gasteiger charge is -1.96. The van der Waals surface area contributed by atoms with Crippen LogP contribution in [0.4, 0.5) is 0 Å². The zero-order chi connectivity index (χ0) is 4.99. The zero-order valence-electron chi connectivity index (χ0n) is 3.78. The van der Waals surface area contributed by atoms with E-state index in [2.05, 4.69) is 0 Å². The second-order valence-electron chi connectivity index (χ2n) is 1.02. The second kappa shape index (κ2) is 5.84. The Balaban J connectivity index is 0. The largest absolute Gasteiger partial charge is 0.394 e. The molecule has 0 atom stereocenters. The molecule has 45 valence electrons. The molecule has 0 aliphatic heterocycles. The first-order valence-corrected chi connectivity index (χ1v) is 1.71. The number of hydrogen-bond donors (Lipinski definition) is 4. The third-order valence-electron chi connectivity index (χ3n) is 0.421. The first kappa shape index (κ1) is 9.96. The summed E-state index contributed by atoms with van der Waals surface area (Å²) in [6.45, 7) is -0.729. The Hall–Kier alpha value is -0.160. The van der Waals surface area contributed by atoms with Crippen LogP contribution in [0.2, 0.25) is 0 Å². The van der Waals surface area contributed by atoms with Gasteiger partial charge in [0.2, 0.25) is 0 Å². The molecule has 0 bridgehead atoms. The summed E-state index contributed by atoms with van der Waals surface area (Å²) < 4.78 is 0. The molecule has 0 amide bonds. The molecule has 0 spiro atoms. The molecule has 1 radical (unpaired) electrons. The smallest absolute Gasteiger partial charge is 0.100 e. The molecule has 0 aromatic rings. The van der Waals surface area contributed by atoms with Crippen LogP contribution in [0, 0.1) is 0 Å². The van der Waals surface area contributed by atoms with E-state index in [0.717, 1.165) is 0 Å². The van der Waals surface area contributed by atoms with Gasteiger partial charge in [-0.3, -0.25) is 5.48 Å². The van der Waals surface area contributed by atoms with Crippen LogP contribution in [0.3, 0.4) is 0 Å². The summed E-state index contributed by atoms with van der Waals surface area (Å²) in [4.78, 5) is 0. The molecule has 4 nitrogen and oxygen atoms in total. The van der Waals surface area contributed by atoms with Crippen LogP contribution >= 0.6 is 0 Å². The standard InChI is InChI=1S/C3H8O3.HO/c4-1-3(6)2-5;/h3-6H,1-2H2;1H. The molecule has 0 saturated heterocycles. The Bertz CT molecular complexity index is 26.1. The van der Waals surface area contributed by atoms with Gasteiger partial charge in [-0.05, 0) is 0 Å². The van der Waals surface area contributed by atoms with Gasteiger partial charge < -0.3 is 15.3 Å². The summed E-state index contributed by atoms with van der Waals surface area (Å²) >= 11 is 0. The minimum absolute atomic E-state index is 0. The minimum atomic E-state index is -0.954. The van der Waals surface area contributed by atoms with Crippen LogP contribution in [0.15, 0.2) is 0 Å². The highest BCUT2D eigenvalue weighted by atomic mass is 16.3. The van der Waals surface area contributed by atoms with E-state index in [1.807, 2.05) is 0 Å². The highest BCUT2D eigenvalue weighted by Crippen LogP contribution is 1.71. The van der Waals surface area contributed by atoms with Crippen LogP contribution in [0.5, 0.6) is 0 Å². The fourth-order valence-electron chi connectivity index (χ4n) is 0.0577. The Morgan fingerprint density at radius 2 is 1.43 bits per heavy atom. The van der Waals surface area contributed by atoms with Crippen molar-refractivity contribution in [1.29, 1.82) is 0 Å². The summed E-state index contributed by atoms with van der Waals surface area (Å²) in [6.07, 6.45) is -0.954. The maximum Gasteiger partial charge on any atom is 0.100 e. The molecular weight excluding hydrogens is 100 g/mol. The van der Waals surface area contributed by atoms with Crippen LogP contribution < -0.4 is 0 Å². The zero-order valence-corrected chi connectivity index (χ0v) is 3.78. The topological polar surface area (TPSA) is 90.7 Å². The van der Waals surface area contributed by atoms with Crippen molar-refractivity contribution in [2.24, 2.45) is 0 Å². The molecule has 0 heterocycles. The summed E-state index contributed by atoms with van der Waals surface area (Å²) in [6, 6.07) is 0. The van der Waals surface area contributed by atoms with E-state index in [0.29, 0.717) is 0 Å². The van der Waals surface area contributed by atoms with E-state index in [-0.39, 0.29) is 18.7 Å². The molecule has 4 N–H and O–H groups in total. The molecule has 0 unspecified atom stereocenters. The van der Waals surface area contributed by atoms with Crippen molar-refractivity contribution < 1.29 is 20.8 Å². The van der Waals surface area contributed by atoms with E-state index in [4.69, 9.17) is 15.3 Å². The van der Waals surface area contributed by atoms with E-state index in [1.165, 1.54) is 0 Å². The van der Waals surface area contributed by atoms with Gasteiger partial charge in [0.05, 0.1) is 13.2 Å². The normalized spacial score (nSPS) is 8.57. The fourth-order valence-corrected chi connectivity index (χ4v) is 0.0577. The van der Waals surface area contributed by atoms with Gasteiger partial charge >= 0.3 is 0 Å². The predicted molar refractivity (Wildman–Crippen MR) is 22.1 cm³/mol. The third-order valence-corrected chi connectivity index (χ3v) is 0.421. The van der Waals surface area contributed by atoms with Gasteiger partial charge in [-0.2, -0.15) is 0 Å². The van der Waals surface area contributed by atoms with Crippen molar-refractivity contribution in [1.82, 2.24) is 0 Å². The van der Waals surface area contributed by atoms with Crippen LogP contribution in [0.1, 0.15) is 0 Å². The molecule has 4 heteroatoms. The summed E-state index contributed by atoms with van der Waals surface area (Å²) in [5.41, 5.74) is 0. The van der Waals surface area contributed by atoms with Crippen LogP contribution in [-0.4, -0.2) is 40.1 Å². The Morgan fingerprint density at radius 3 is 1.43 bits per heavy atom. The number of aliphatic hydroxyl groups excluding tert-OH is 3. The van der Waals surface area contributed by atoms with Gasteiger partial charge in [0.25, 0.3) is 0 Å². The van der Waals surface area contributed by atoms with Crippen molar-refractivity contribution >= 4 is 0 Å². The van der Waals surface area contributed by atoms with Crippen molar-refractivity contribution in [2.45, 2.75) is 6.10 Å². The molecule has 7 heavy (non-hydrogen) atoms. The van der Waals surface area contributed by atoms with E-state index in [1.54, 1.807) is 0 Å². The van der Waals surface area contributed by atoms with Crippen molar-refractivity contribution in [3.63, 3.8) is 0 Å². The monoisotopic (exact) mass is 109 g/mol. The Kier molecular flexibility index (Phi) is 8.31. The second-order valence-corrected chi connectivity index (χ2v) is 1.02. The third kappa shape index (κ3) is 5.84. The molecule has 0 aromatic heterocycles. The number of hydrogen-bond acceptors (Lipinski definition) is 3. The van der Waals surface area contributed by atoms with Crippen LogP contribution in [0.25, 0.3) is 0 Å². The highest BCUT2D eigenvalue weighted by Gasteiger charge is 1.93. The van der Waals surface area contributed by atoms with E-state index in [9.17, 15) is 0 Å². The summed E-state index contributed by atoms with van der Waals surface area (Å²) in [5.74, 6) is 0. The van der Waals surface area contributed by atoms with E-state index >= 15 is 0 Å². The van der Waals surface area contributed by atoms with Gasteiger partial charge in [0.1, 0.15) is 6.10 Å². The summed E-state index contributed by atoms with van der Waals surface area (Å²) in [7, 11) is 0. The lowest BCUT2D eigenvalue weighted by molar-refractivity contribution is 0.0450. The molecule has 0 aliphatic carbocycles. The molecule has 0 fully saturated rings. The number of aliphatic hydroxyl groups is 3. The SMILES string of the molecule is OCC(O)CO.[OH]. The van der Waals surface area contributed by atoms with Gasteiger partial charge in [-0.25, -0.2) is 0 Å². The van der Waals surface area contributed by atoms with Gasteiger partial charge in [-0.1, -0.05) is 0 Å². The van der Waals surface area contributed by atoms with Gasteiger partial charge in [0, 0.05) is 0 Å². The fraction of sp³-hybridized carbons (Fsp3) is 1.00. The predicted octanol–water partition coefficient (Wildman–Crippen LogP) is -1.84. The van der Waals surface area contributed by atoms with Crippen molar-refractivity contribution in [2.75, 3.05) is 13.2 Å². The van der Waals surface area contributed by atoms with Crippen LogP contribution in [-0.2, 0) is 0 Å². The van der Waals surface area contributed by atoms with Gasteiger partial charge in [-0.15, -0.1) is 0 Å². The maximum atomic E-state index is 8.17. The number of rotatable bonds is 2. The maximum absolute atomic E-state index is 8.17. The average molecular weight is 109 g/mol. The van der Waals surface area contributed by atoms with Gasteiger partial charge in [0.15, 0.2) is 0 Å². The van der Waals surface area contributed by atoms with Crippen molar-refractivity contribution in [3.8, 4) is 0 Å². The quantitative estimate of drug-likeness (QED) is 0.335. The van der Waals surface area contributed by atoms with Crippen molar-refractivity contribution in [3.05, 3.63) is 0 Å². The first-order chi connectivity index (χ1) is 2.81. The minimum Gasteiger partial charge on any atom is -0.394 e. The Labute approximate surface area is 41.3 Å². The lowest BCUT2D eigenvalue weighted by atomic mass is 10.4. The molecular formula is C3H9O4. The summed E-state index contributed by atoms with van der Waals surface area (Å²) in [5, 5.41) is 24.0. The molecule has 0 aromatic carbocycles. The lowest BCUT2D eigenvalue weighted by Crippen LogP contribution is -2.15. The molecule has 0 aliphatic rings. The molecule has 0 rings (SSSR count).